The van der Waals surface area contributed by atoms with Gasteiger partial charge in [0, 0.05) is 30.4 Å². The largest absolute Gasteiger partial charge is 0.316 e. The number of halogens is 1. The Morgan fingerprint density at radius 2 is 2.40 bits per heavy atom. The molecule has 0 saturated carbocycles. The number of aromatic nitrogens is 1. The van der Waals surface area contributed by atoms with Gasteiger partial charge in [-0.1, -0.05) is 6.07 Å². The molecule has 3 heteroatoms. The molecule has 1 aliphatic heterocycles. The zero-order valence-electron chi connectivity index (χ0n) is 9.04. The Morgan fingerprint density at radius 1 is 1.53 bits per heavy atom. The zero-order chi connectivity index (χ0) is 10.7. The van der Waals surface area contributed by atoms with Crippen molar-refractivity contribution >= 4 is 0 Å². The van der Waals surface area contributed by atoms with Crippen molar-refractivity contribution in [3.05, 3.63) is 29.6 Å². The van der Waals surface area contributed by atoms with Crippen LogP contribution in [0.25, 0.3) is 0 Å². The van der Waals surface area contributed by atoms with E-state index in [1.165, 1.54) is 0 Å². The van der Waals surface area contributed by atoms with Gasteiger partial charge in [0.1, 0.15) is 6.17 Å². The summed E-state index contributed by atoms with van der Waals surface area (Å²) in [5.74, 6) is 0.113. The number of piperidine rings is 1. The molecule has 1 saturated heterocycles. The summed E-state index contributed by atoms with van der Waals surface area (Å²) < 4.78 is 14.1. The van der Waals surface area contributed by atoms with E-state index >= 15 is 0 Å². The van der Waals surface area contributed by atoms with Crippen molar-refractivity contribution in [2.24, 2.45) is 5.92 Å². The molecule has 2 heterocycles. The second kappa shape index (κ2) is 4.71. The van der Waals surface area contributed by atoms with Crippen molar-refractivity contribution in [2.45, 2.75) is 25.9 Å². The average molecular weight is 208 g/mol. The zero-order valence-corrected chi connectivity index (χ0v) is 9.04. The van der Waals surface area contributed by atoms with E-state index in [-0.39, 0.29) is 5.92 Å². The molecule has 0 radical (unpaired) electrons. The second-order valence-corrected chi connectivity index (χ2v) is 4.30. The highest BCUT2D eigenvalue weighted by Gasteiger charge is 2.24. The Morgan fingerprint density at radius 3 is 3.07 bits per heavy atom. The Kier molecular flexibility index (Phi) is 3.31. The topological polar surface area (TPSA) is 24.9 Å². The summed E-state index contributed by atoms with van der Waals surface area (Å²) in [6, 6.07) is 1.90. The minimum atomic E-state index is -0.870. The molecule has 0 bridgehead atoms. The lowest BCUT2D eigenvalue weighted by atomic mass is 9.91. The van der Waals surface area contributed by atoms with Gasteiger partial charge in [-0.3, -0.25) is 4.98 Å². The predicted octanol–water partition coefficient (Wildman–Crippen LogP) is 2.40. The highest BCUT2D eigenvalue weighted by molar-refractivity contribution is 5.19. The van der Waals surface area contributed by atoms with E-state index in [1.54, 1.807) is 12.4 Å². The molecule has 1 N–H and O–H groups in total. The average Bonchev–Trinajstić information content (AvgIpc) is 2.29. The van der Waals surface area contributed by atoms with E-state index in [4.69, 9.17) is 0 Å². The van der Waals surface area contributed by atoms with E-state index in [0.29, 0.717) is 0 Å². The van der Waals surface area contributed by atoms with Crippen LogP contribution in [0.1, 0.15) is 30.1 Å². The summed E-state index contributed by atoms with van der Waals surface area (Å²) in [4.78, 5) is 4.04. The fourth-order valence-corrected chi connectivity index (χ4v) is 2.13. The van der Waals surface area contributed by atoms with Crippen LogP contribution in [0.4, 0.5) is 4.39 Å². The summed E-state index contributed by atoms with van der Waals surface area (Å²) in [6.45, 7) is 3.76. The van der Waals surface area contributed by atoms with Crippen molar-refractivity contribution in [3.8, 4) is 0 Å². The maximum absolute atomic E-state index is 14.1. The number of pyridine rings is 1. The molecular formula is C12H17FN2. The van der Waals surface area contributed by atoms with Gasteiger partial charge in [0.25, 0.3) is 0 Å². The summed E-state index contributed by atoms with van der Waals surface area (Å²) in [5, 5.41) is 3.24. The van der Waals surface area contributed by atoms with Gasteiger partial charge in [-0.25, -0.2) is 4.39 Å². The Balaban J connectivity index is 2.08. The van der Waals surface area contributed by atoms with Crippen molar-refractivity contribution in [1.29, 1.82) is 0 Å². The SMILES string of the molecule is Cc1cncc(C(F)C2CCCNC2)c1. The molecule has 0 amide bonds. The summed E-state index contributed by atoms with van der Waals surface area (Å²) in [6.07, 6.45) is 4.58. The van der Waals surface area contributed by atoms with E-state index in [9.17, 15) is 4.39 Å². The van der Waals surface area contributed by atoms with Crippen molar-refractivity contribution in [1.82, 2.24) is 10.3 Å². The van der Waals surface area contributed by atoms with E-state index in [1.807, 2.05) is 13.0 Å². The van der Waals surface area contributed by atoms with Crippen LogP contribution in [0.5, 0.6) is 0 Å². The smallest absolute Gasteiger partial charge is 0.131 e. The molecule has 2 unspecified atom stereocenters. The third-order valence-electron chi connectivity index (χ3n) is 2.96. The molecule has 15 heavy (non-hydrogen) atoms. The van der Waals surface area contributed by atoms with Gasteiger partial charge < -0.3 is 5.32 Å². The minimum Gasteiger partial charge on any atom is -0.316 e. The fraction of sp³-hybridized carbons (Fsp3) is 0.583. The van der Waals surface area contributed by atoms with E-state index < -0.39 is 6.17 Å². The molecule has 0 aromatic carbocycles. The number of rotatable bonds is 2. The predicted molar refractivity (Wildman–Crippen MR) is 58.4 cm³/mol. The maximum Gasteiger partial charge on any atom is 0.131 e. The van der Waals surface area contributed by atoms with Crippen LogP contribution in [0, 0.1) is 12.8 Å². The van der Waals surface area contributed by atoms with Crippen LogP contribution in [-0.2, 0) is 0 Å². The van der Waals surface area contributed by atoms with Crippen LogP contribution in [0.3, 0.4) is 0 Å². The third kappa shape index (κ3) is 2.53. The van der Waals surface area contributed by atoms with E-state index in [2.05, 4.69) is 10.3 Å². The quantitative estimate of drug-likeness (QED) is 0.807. The lowest BCUT2D eigenvalue weighted by Crippen LogP contribution is -2.32. The molecule has 1 aliphatic rings. The fourth-order valence-electron chi connectivity index (χ4n) is 2.13. The lowest BCUT2D eigenvalue weighted by Gasteiger charge is -2.25. The second-order valence-electron chi connectivity index (χ2n) is 4.30. The standard InChI is InChI=1S/C12H17FN2/c1-9-5-11(8-15-6-9)12(13)10-3-2-4-14-7-10/h5-6,8,10,12,14H,2-4,7H2,1H3. The first-order chi connectivity index (χ1) is 7.27. The molecule has 2 atom stereocenters. The monoisotopic (exact) mass is 208 g/mol. The summed E-state index contributed by atoms with van der Waals surface area (Å²) in [5.41, 5.74) is 1.75. The molecule has 1 aromatic rings. The van der Waals surface area contributed by atoms with Gasteiger partial charge in [-0.15, -0.1) is 0 Å². The number of nitrogens with one attached hydrogen (secondary N) is 1. The van der Waals surface area contributed by atoms with Crippen LogP contribution < -0.4 is 5.32 Å². The lowest BCUT2D eigenvalue weighted by molar-refractivity contribution is 0.194. The molecule has 0 aliphatic carbocycles. The highest BCUT2D eigenvalue weighted by Crippen LogP contribution is 2.30. The summed E-state index contributed by atoms with van der Waals surface area (Å²) in [7, 11) is 0. The maximum atomic E-state index is 14.1. The number of nitrogens with zero attached hydrogens (tertiary/aromatic N) is 1. The van der Waals surface area contributed by atoms with Crippen LogP contribution >= 0.6 is 0 Å². The molecule has 2 nitrogen and oxygen atoms in total. The van der Waals surface area contributed by atoms with Gasteiger partial charge in [0.05, 0.1) is 0 Å². The number of aryl methyl sites for hydroxylation is 1. The van der Waals surface area contributed by atoms with Crippen molar-refractivity contribution in [2.75, 3.05) is 13.1 Å². The van der Waals surface area contributed by atoms with Crippen molar-refractivity contribution < 1.29 is 4.39 Å². The summed E-state index contributed by atoms with van der Waals surface area (Å²) >= 11 is 0. The minimum absolute atomic E-state index is 0.113. The first-order valence-corrected chi connectivity index (χ1v) is 5.53. The molecule has 1 fully saturated rings. The van der Waals surface area contributed by atoms with Crippen LogP contribution in [-0.4, -0.2) is 18.1 Å². The number of hydrogen-bond donors (Lipinski definition) is 1. The highest BCUT2D eigenvalue weighted by atomic mass is 19.1. The van der Waals surface area contributed by atoms with Gasteiger partial charge in [-0.2, -0.15) is 0 Å². The first kappa shape index (κ1) is 10.6. The van der Waals surface area contributed by atoms with Gasteiger partial charge in [-0.05, 0) is 31.9 Å². The number of alkyl halides is 1. The Bertz CT molecular complexity index is 321. The Hall–Kier alpha value is -0.960. The van der Waals surface area contributed by atoms with Gasteiger partial charge >= 0.3 is 0 Å². The van der Waals surface area contributed by atoms with Crippen molar-refractivity contribution in [3.63, 3.8) is 0 Å². The van der Waals surface area contributed by atoms with Crippen LogP contribution in [0.2, 0.25) is 0 Å². The first-order valence-electron chi connectivity index (χ1n) is 5.53. The van der Waals surface area contributed by atoms with E-state index in [0.717, 1.165) is 37.1 Å². The Labute approximate surface area is 89.9 Å². The third-order valence-corrected chi connectivity index (χ3v) is 2.96. The van der Waals surface area contributed by atoms with Crippen LogP contribution in [0.15, 0.2) is 18.5 Å². The van der Waals surface area contributed by atoms with Gasteiger partial charge in [0.2, 0.25) is 0 Å². The molecular weight excluding hydrogens is 191 g/mol. The molecule has 2 rings (SSSR count). The normalized spacial score (nSPS) is 23.7. The molecule has 1 aromatic heterocycles. The van der Waals surface area contributed by atoms with Gasteiger partial charge in [0.15, 0.2) is 0 Å². The molecule has 0 spiro atoms. The number of hydrogen-bond acceptors (Lipinski definition) is 2. The molecule has 82 valence electrons.